The van der Waals surface area contributed by atoms with E-state index in [4.69, 9.17) is 17.3 Å². The maximum Gasteiger partial charge on any atom is 0.158 e. The van der Waals surface area contributed by atoms with Crippen LogP contribution in [0.3, 0.4) is 0 Å². The Kier molecular flexibility index (Phi) is 1.94. The second-order valence-corrected chi connectivity index (χ2v) is 2.96. The van der Waals surface area contributed by atoms with Crippen molar-refractivity contribution in [3.05, 3.63) is 35.1 Å². The lowest BCUT2D eigenvalue weighted by atomic mass is 10.4. The molecule has 5 heteroatoms. The number of halogens is 2. The summed E-state index contributed by atoms with van der Waals surface area (Å²) in [5.74, 6) is 0.166. The molecule has 2 aromatic rings. The molecule has 0 aliphatic heterocycles. The van der Waals surface area contributed by atoms with Gasteiger partial charge < -0.3 is 5.73 Å². The average Bonchev–Trinajstić information content (AvgIpc) is 2.44. The number of imidazole rings is 1. The quantitative estimate of drug-likeness (QED) is 0.758. The lowest BCUT2D eigenvalue weighted by molar-refractivity contribution is 0.632. The molecule has 0 aromatic carbocycles. The Morgan fingerprint density at radius 3 is 3.08 bits per heavy atom. The fourth-order valence-corrected chi connectivity index (χ4v) is 1.54. The molecule has 3 nitrogen and oxygen atoms in total. The molecule has 0 bridgehead atoms. The minimum atomic E-state index is -0.389. The molecule has 0 aliphatic rings. The van der Waals surface area contributed by atoms with Gasteiger partial charge in [0.2, 0.25) is 0 Å². The fraction of sp³-hybridized carbons (Fsp3) is 0.125. The van der Waals surface area contributed by atoms with E-state index in [1.807, 2.05) is 0 Å². The van der Waals surface area contributed by atoms with E-state index in [9.17, 15) is 4.39 Å². The Labute approximate surface area is 78.9 Å². The van der Waals surface area contributed by atoms with Gasteiger partial charge in [-0.3, -0.25) is 4.40 Å². The highest BCUT2D eigenvalue weighted by atomic mass is 35.5. The monoisotopic (exact) mass is 199 g/mol. The van der Waals surface area contributed by atoms with Gasteiger partial charge in [-0.2, -0.15) is 0 Å². The molecule has 0 unspecified atom stereocenters. The van der Waals surface area contributed by atoms with Crippen molar-refractivity contribution >= 4 is 17.1 Å². The van der Waals surface area contributed by atoms with Crippen LogP contribution in [0.25, 0.3) is 5.52 Å². The van der Waals surface area contributed by atoms with Crippen molar-refractivity contribution in [2.75, 3.05) is 0 Å². The standard InChI is InChI=1S/C8H7ClFN3/c9-8-7-5(10)2-1-3-13(7)6(4-11)12-8/h1-3H,4,11H2. The Morgan fingerprint density at radius 2 is 2.38 bits per heavy atom. The first-order valence-corrected chi connectivity index (χ1v) is 4.13. The molecule has 2 heterocycles. The highest BCUT2D eigenvalue weighted by Gasteiger charge is 2.10. The molecule has 2 rings (SSSR count). The number of rotatable bonds is 1. The highest BCUT2D eigenvalue weighted by molar-refractivity contribution is 6.32. The lowest BCUT2D eigenvalue weighted by Gasteiger charge is -1.97. The molecule has 0 aliphatic carbocycles. The van der Waals surface area contributed by atoms with E-state index in [1.54, 1.807) is 16.7 Å². The van der Waals surface area contributed by atoms with E-state index >= 15 is 0 Å². The zero-order valence-electron chi connectivity index (χ0n) is 6.67. The van der Waals surface area contributed by atoms with Gasteiger partial charge in [0.05, 0.1) is 6.54 Å². The minimum Gasteiger partial charge on any atom is -0.324 e. The number of nitrogens with two attached hydrogens (primary N) is 1. The maximum atomic E-state index is 13.2. The first kappa shape index (κ1) is 8.47. The third-order valence-electron chi connectivity index (χ3n) is 1.83. The fourth-order valence-electron chi connectivity index (χ4n) is 1.26. The lowest BCUT2D eigenvalue weighted by Crippen LogP contribution is -2.02. The number of pyridine rings is 1. The average molecular weight is 200 g/mol. The van der Waals surface area contributed by atoms with Crippen LogP contribution >= 0.6 is 11.6 Å². The largest absolute Gasteiger partial charge is 0.324 e. The van der Waals surface area contributed by atoms with Crippen molar-refractivity contribution in [2.45, 2.75) is 6.54 Å². The second-order valence-electron chi connectivity index (χ2n) is 2.60. The highest BCUT2D eigenvalue weighted by Crippen LogP contribution is 2.20. The molecule has 0 radical (unpaired) electrons. The van der Waals surface area contributed by atoms with Crippen molar-refractivity contribution < 1.29 is 4.39 Å². The summed E-state index contributed by atoms with van der Waals surface area (Å²) in [5.41, 5.74) is 5.70. The van der Waals surface area contributed by atoms with Crippen LogP contribution in [0.1, 0.15) is 5.82 Å². The summed E-state index contributed by atoms with van der Waals surface area (Å²) in [4.78, 5) is 3.93. The van der Waals surface area contributed by atoms with E-state index < -0.39 is 0 Å². The number of hydrogen-bond acceptors (Lipinski definition) is 2. The van der Waals surface area contributed by atoms with Crippen LogP contribution in [-0.2, 0) is 6.54 Å². The zero-order chi connectivity index (χ0) is 9.42. The van der Waals surface area contributed by atoms with Crippen molar-refractivity contribution in [3.63, 3.8) is 0 Å². The predicted octanol–water partition coefficient (Wildman–Crippen LogP) is 1.59. The van der Waals surface area contributed by atoms with Crippen LogP contribution in [0.4, 0.5) is 4.39 Å². The molecule has 0 fully saturated rings. The van der Waals surface area contributed by atoms with Gasteiger partial charge in [0.25, 0.3) is 0 Å². The summed E-state index contributed by atoms with van der Waals surface area (Å²) < 4.78 is 14.8. The second kappa shape index (κ2) is 2.97. The summed E-state index contributed by atoms with van der Waals surface area (Å²) in [6, 6.07) is 2.92. The molecule has 2 N–H and O–H groups in total. The number of fused-ring (bicyclic) bond motifs is 1. The maximum absolute atomic E-state index is 13.2. The zero-order valence-corrected chi connectivity index (χ0v) is 7.42. The molecule has 0 spiro atoms. The van der Waals surface area contributed by atoms with E-state index in [0.717, 1.165) is 0 Å². The van der Waals surface area contributed by atoms with Gasteiger partial charge in [-0.05, 0) is 12.1 Å². The summed E-state index contributed by atoms with van der Waals surface area (Å²) in [5, 5.41) is 0.151. The van der Waals surface area contributed by atoms with E-state index in [2.05, 4.69) is 4.98 Å². The first-order valence-electron chi connectivity index (χ1n) is 3.75. The van der Waals surface area contributed by atoms with E-state index in [1.165, 1.54) is 6.07 Å². The molecular weight excluding hydrogens is 193 g/mol. The predicted molar refractivity (Wildman–Crippen MR) is 48.1 cm³/mol. The molecule has 2 aromatic heterocycles. The Bertz CT molecular complexity index is 452. The van der Waals surface area contributed by atoms with Gasteiger partial charge in [-0.15, -0.1) is 0 Å². The van der Waals surface area contributed by atoms with Gasteiger partial charge in [0.1, 0.15) is 17.2 Å². The Balaban J connectivity index is 2.87. The third kappa shape index (κ3) is 1.18. The molecule has 0 amide bonds. The third-order valence-corrected chi connectivity index (χ3v) is 2.09. The molecule has 13 heavy (non-hydrogen) atoms. The summed E-state index contributed by atoms with van der Waals surface area (Å²) >= 11 is 5.73. The van der Waals surface area contributed by atoms with Crippen LogP contribution in [0, 0.1) is 5.82 Å². The molecule has 0 saturated heterocycles. The first-order chi connectivity index (χ1) is 6.24. The van der Waals surface area contributed by atoms with Crippen LogP contribution in [-0.4, -0.2) is 9.38 Å². The molecule has 0 saturated carbocycles. The normalized spacial score (nSPS) is 11.0. The Morgan fingerprint density at radius 1 is 1.62 bits per heavy atom. The number of aromatic nitrogens is 2. The summed E-state index contributed by atoms with van der Waals surface area (Å²) in [6.07, 6.45) is 1.68. The topological polar surface area (TPSA) is 43.3 Å². The number of nitrogens with zero attached hydrogens (tertiary/aromatic N) is 2. The molecule has 0 atom stereocenters. The summed E-state index contributed by atoms with van der Waals surface area (Å²) in [6.45, 7) is 0.233. The smallest absolute Gasteiger partial charge is 0.158 e. The van der Waals surface area contributed by atoms with Crippen LogP contribution in [0.5, 0.6) is 0 Å². The van der Waals surface area contributed by atoms with E-state index in [-0.39, 0.29) is 23.0 Å². The van der Waals surface area contributed by atoms with Gasteiger partial charge in [0, 0.05) is 6.20 Å². The van der Waals surface area contributed by atoms with Gasteiger partial charge >= 0.3 is 0 Å². The summed E-state index contributed by atoms with van der Waals surface area (Å²) in [7, 11) is 0. The SMILES string of the molecule is NCc1nc(Cl)c2c(F)cccn12. The van der Waals surface area contributed by atoms with Crippen molar-refractivity contribution in [1.82, 2.24) is 9.38 Å². The number of hydrogen-bond donors (Lipinski definition) is 1. The van der Waals surface area contributed by atoms with Crippen molar-refractivity contribution in [3.8, 4) is 0 Å². The van der Waals surface area contributed by atoms with E-state index in [0.29, 0.717) is 5.82 Å². The molecule has 68 valence electrons. The van der Waals surface area contributed by atoms with Gasteiger partial charge in [-0.25, -0.2) is 9.37 Å². The van der Waals surface area contributed by atoms with Gasteiger partial charge in [0.15, 0.2) is 5.15 Å². The Hall–Kier alpha value is -1.13. The van der Waals surface area contributed by atoms with Crippen molar-refractivity contribution in [1.29, 1.82) is 0 Å². The van der Waals surface area contributed by atoms with Crippen LogP contribution in [0.2, 0.25) is 5.15 Å². The minimum absolute atomic E-state index is 0.151. The van der Waals surface area contributed by atoms with Gasteiger partial charge in [-0.1, -0.05) is 11.6 Å². The van der Waals surface area contributed by atoms with Crippen molar-refractivity contribution in [2.24, 2.45) is 5.73 Å². The van der Waals surface area contributed by atoms with Crippen LogP contribution < -0.4 is 5.73 Å². The molecular formula is C8H7ClFN3. The van der Waals surface area contributed by atoms with Crippen LogP contribution in [0.15, 0.2) is 18.3 Å².